The first kappa shape index (κ1) is 17.3. The van der Waals surface area contributed by atoms with Crippen LogP contribution in [-0.2, 0) is 15.3 Å². The van der Waals surface area contributed by atoms with Crippen LogP contribution in [-0.4, -0.2) is 11.8 Å². The molecule has 0 atom stereocenters. The summed E-state index contributed by atoms with van der Waals surface area (Å²) in [5, 5.41) is 0. The number of anilines is 1. The number of carbonyl (C=O) groups excluding carboxylic acids is 2. The SMILES string of the molecule is O=C1C(SCc2ccco2)=C(c2ccc(F)cc2)C(=O)N1c1ccccc1. The van der Waals surface area contributed by atoms with Crippen molar-refractivity contribution in [1.29, 1.82) is 0 Å². The highest BCUT2D eigenvalue weighted by molar-refractivity contribution is 8.03. The van der Waals surface area contributed by atoms with Crippen LogP contribution in [0.4, 0.5) is 10.1 Å². The van der Waals surface area contributed by atoms with Crippen molar-refractivity contribution in [3.05, 3.63) is 95.0 Å². The van der Waals surface area contributed by atoms with Gasteiger partial charge in [-0.25, -0.2) is 9.29 Å². The van der Waals surface area contributed by atoms with Crippen molar-refractivity contribution in [1.82, 2.24) is 0 Å². The highest BCUT2D eigenvalue weighted by Gasteiger charge is 2.40. The fraction of sp³-hybridized carbons (Fsp3) is 0.0476. The van der Waals surface area contributed by atoms with Crippen LogP contribution in [0.3, 0.4) is 0 Å². The molecule has 4 rings (SSSR count). The second-order valence-corrected chi connectivity index (χ2v) is 6.85. The molecule has 0 unspecified atom stereocenters. The van der Waals surface area contributed by atoms with Gasteiger partial charge in [0.25, 0.3) is 11.8 Å². The maximum absolute atomic E-state index is 13.3. The number of rotatable bonds is 5. The van der Waals surface area contributed by atoms with Crippen molar-refractivity contribution in [3.8, 4) is 0 Å². The molecule has 0 saturated carbocycles. The molecule has 0 fully saturated rings. The normalized spacial score (nSPS) is 14.3. The highest BCUT2D eigenvalue weighted by atomic mass is 32.2. The van der Waals surface area contributed by atoms with E-state index in [1.54, 1.807) is 42.7 Å². The molecule has 1 aliphatic rings. The van der Waals surface area contributed by atoms with Gasteiger partial charge in [-0.2, -0.15) is 0 Å². The van der Waals surface area contributed by atoms with Crippen molar-refractivity contribution in [2.75, 3.05) is 4.90 Å². The third kappa shape index (κ3) is 3.31. The number of hydrogen-bond donors (Lipinski definition) is 0. The molecular weight excluding hydrogens is 365 g/mol. The fourth-order valence-electron chi connectivity index (χ4n) is 2.86. The monoisotopic (exact) mass is 379 g/mol. The van der Waals surface area contributed by atoms with Crippen LogP contribution in [0.2, 0.25) is 0 Å². The number of nitrogens with zero attached hydrogens (tertiary/aromatic N) is 1. The Morgan fingerprint density at radius 3 is 2.30 bits per heavy atom. The number of amides is 2. The Morgan fingerprint density at radius 1 is 0.889 bits per heavy atom. The van der Waals surface area contributed by atoms with Gasteiger partial charge in [-0.1, -0.05) is 30.3 Å². The molecule has 0 bridgehead atoms. The molecule has 0 N–H and O–H groups in total. The van der Waals surface area contributed by atoms with E-state index >= 15 is 0 Å². The van der Waals surface area contributed by atoms with Gasteiger partial charge in [-0.15, -0.1) is 11.8 Å². The highest BCUT2D eigenvalue weighted by Crippen LogP contribution is 2.39. The Morgan fingerprint density at radius 2 is 1.63 bits per heavy atom. The Balaban J connectivity index is 1.75. The summed E-state index contributed by atoms with van der Waals surface area (Å²) in [7, 11) is 0. The van der Waals surface area contributed by atoms with Crippen molar-refractivity contribution >= 4 is 34.8 Å². The Kier molecular flexibility index (Phi) is 4.64. The Bertz CT molecular complexity index is 1010. The summed E-state index contributed by atoms with van der Waals surface area (Å²) < 4.78 is 18.6. The van der Waals surface area contributed by atoms with Crippen LogP contribution < -0.4 is 4.90 Å². The number of furan rings is 1. The molecule has 0 saturated heterocycles. The van der Waals surface area contributed by atoms with Crippen LogP contribution in [0.5, 0.6) is 0 Å². The van der Waals surface area contributed by atoms with Gasteiger partial charge in [0.2, 0.25) is 0 Å². The van der Waals surface area contributed by atoms with Crippen LogP contribution >= 0.6 is 11.8 Å². The minimum absolute atomic E-state index is 0.278. The molecular formula is C21H14FNO3S. The van der Waals surface area contributed by atoms with Crippen LogP contribution in [0, 0.1) is 5.82 Å². The van der Waals surface area contributed by atoms with E-state index < -0.39 is 11.7 Å². The predicted molar refractivity (Wildman–Crippen MR) is 102 cm³/mol. The van der Waals surface area contributed by atoms with Gasteiger partial charge in [-0.05, 0) is 42.0 Å². The molecule has 0 spiro atoms. The summed E-state index contributed by atoms with van der Waals surface area (Å²) in [5.41, 5.74) is 1.29. The molecule has 4 nitrogen and oxygen atoms in total. The topological polar surface area (TPSA) is 50.5 Å². The van der Waals surface area contributed by atoms with E-state index in [1.807, 2.05) is 6.07 Å². The lowest BCUT2D eigenvalue weighted by molar-refractivity contribution is -0.119. The number of para-hydroxylation sites is 1. The van der Waals surface area contributed by atoms with Gasteiger partial charge in [0, 0.05) is 0 Å². The van der Waals surface area contributed by atoms with Crippen LogP contribution in [0.25, 0.3) is 5.57 Å². The number of hydrogen-bond acceptors (Lipinski definition) is 4. The summed E-state index contributed by atoms with van der Waals surface area (Å²) in [6.07, 6.45) is 1.56. The molecule has 0 radical (unpaired) electrons. The average Bonchev–Trinajstić information content (AvgIpc) is 3.28. The first-order valence-electron chi connectivity index (χ1n) is 8.24. The summed E-state index contributed by atoms with van der Waals surface area (Å²) >= 11 is 1.24. The van der Waals surface area contributed by atoms with Gasteiger partial charge in [0.15, 0.2) is 0 Å². The fourth-order valence-corrected chi connectivity index (χ4v) is 3.88. The van der Waals surface area contributed by atoms with Gasteiger partial charge < -0.3 is 4.42 Å². The zero-order valence-electron chi connectivity index (χ0n) is 14.1. The minimum Gasteiger partial charge on any atom is -0.468 e. The number of halogens is 1. The van der Waals surface area contributed by atoms with Crippen molar-refractivity contribution < 1.29 is 18.4 Å². The van der Waals surface area contributed by atoms with Crippen LogP contribution in [0.1, 0.15) is 11.3 Å². The second kappa shape index (κ2) is 7.25. The summed E-state index contributed by atoms with van der Waals surface area (Å²) in [5.74, 6) is -0.0960. The van der Waals surface area contributed by atoms with Crippen molar-refractivity contribution in [2.24, 2.45) is 0 Å². The smallest absolute Gasteiger partial charge is 0.272 e. The summed E-state index contributed by atoms with van der Waals surface area (Å²) in [4.78, 5) is 27.6. The summed E-state index contributed by atoms with van der Waals surface area (Å²) in [6.45, 7) is 0. The van der Waals surface area contributed by atoms with Gasteiger partial charge >= 0.3 is 0 Å². The van der Waals surface area contributed by atoms with Gasteiger partial charge in [0.05, 0.1) is 28.2 Å². The lowest BCUT2D eigenvalue weighted by Gasteiger charge is -2.14. The third-order valence-electron chi connectivity index (χ3n) is 4.13. The second-order valence-electron chi connectivity index (χ2n) is 5.86. The van der Waals surface area contributed by atoms with E-state index in [0.717, 1.165) is 4.90 Å². The number of imide groups is 1. The largest absolute Gasteiger partial charge is 0.468 e. The third-order valence-corrected chi connectivity index (χ3v) is 5.22. The van der Waals surface area contributed by atoms with E-state index in [2.05, 4.69) is 0 Å². The quantitative estimate of drug-likeness (QED) is 0.606. The molecule has 6 heteroatoms. The van der Waals surface area contributed by atoms with E-state index in [4.69, 9.17) is 4.42 Å². The first-order valence-corrected chi connectivity index (χ1v) is 9.23. The zero-order valence-corrected chi connectivity index (χ0v) is 14.9. The predicted octanol–water partition coefficient (Wildman–Crippen LogP) is 4.64. The zero-order chi connectivity index (χ0) is 18.8. The molecule has 2 amide bonds. The maximum atomic E-state index is 13.3. The van der Waals surface area contributed by atoms with Crippen molar-refractivity contribution in [3.63, 3.8) is 0 Å². The molecule has 134 valence electrons. The van der Waals surface area contributed by atoms with Crippen molar-refractivity contribution in [2.45, 2.75) is 5.75 Å². The minimum atomic E-state index is -0.417. The number of thioether (sulfide) groups is 1. The van der Waals surface area contributed by atoms with Crippen LogP contribution in [0.15, 0.2) is 82.3 Å². The van der Waals surface area contributed by atoms with E-state index in [-0.39, 0.29) is 11.5 Å². The Hall–Kier alpha value is -3.12. The van der Waals surface area contributed by atoms with E-state index in [1.165, 1.54) is 36.0 Å². The van der Waals surface area contributed by atoms with Gasteiger partial charge in [0.1, 0.15) is 11.6 Å². The lowest BCUT2D eigenvalue weighted by atomic mass is 10.1. The van der Waals surface area contributed by atoms with E-state index in [0.29, 0.717) is 27.7 Å². The Labute approximate surface area is 159 Å². The molecule has 3 aromatic rings. The molecule has 0 aliphatic carbocycles. The maximum Gasteiger partial charge on any atom is 0.272 e. The molecule has 1 aromatic heterocycles. The average molecular weight is 379 g/mol. The number of carbonyl (C=O) groups is 2. The first-order chi connectivity index (χ1) is 13.1. The molecule has 27 heavy (non-hydrogen) atoms. The summed E-state index contributed by atoms with van der Waals surface area (Å²) in [6, 6.07) is 17.9. The lowest BCUT2D eigenvalue weighted by Crippen LogP contribution is -2.31. The standard InChI is InChI=1S/C21H14FNO3S/c22-15-10-8-14(9-11-15)18-19(27-13-17-7-4-12-26-17)21(25)23(20(18)24)16-5-2-1-3-6-16/h1-12H,13H2. The molecule has 2 heterocycles. The molecule has 1 aliphatic heterocycles. The number of benzene rings is 2. The molecule has 2 aromatic carbocycles. The van der Waals surface area contributed by atoms with E-state index in [9.17, 15) is 14.0 Å². The van der Waals surface area contributed by atoms with Gasteiger partial charge in [-0.3, -0.25) is 9.59 Å².